The lowest BCUT2D eigenvalue weighted by Gasteiger charge is -2.28. The number of para-hydroxylation sites is 3. The maximum absolute atomic E-state index is 13.0. The highest BCUT2D eigenvalue weighted by Crippen LogP contribution is 2.31. The average molecular weight is 351 g/mol. The fraction of sp³-hybridized carbons (Fsp3) is 0.333. The molecule has 0 spiro atoms. The van der Waals surface area contributed by atoms with E-state index in [2.05, 4.69) is 30.5 Å². The minimum absolute atomic E-state index is 0.0555. The topological polar surface area (TPSA) is 61.4 Å². The van der Waals surface area contributed by atoms with Gasteiger partial charge in [-0.3, -0.25) is 9.59 Å². The van der Waals surface area contributed by atoms with Gasteiger partial charge in [-0.05, 0) is 36.6 Å². The Morgan fingerprint density at radius 2 is 1.88 bits per heavy atom. The van der Waals surface area contributed by atoms with E-state index in [0.717, 1.165) is 11.4 Å². The van der Waals surface area contributed by atoms with Gasteiger partial charge >= 0.3 is 0 Å². The summed E-state index contributed by atoms with van der Waals surface area (Å²) in [4.78, 5) is 26.8. The molecule has 3 rings (SSSR count). The van der Waals surface area contributed by atoms with Gasteiger partial charge in [-0.15, -0.1) is 0 Å². The third kappa shape index (κ3) is 3.72. The molecule has 0 radical (unpaired) electrons. The summed E-state index contributed by atoms with van der Waals surface area (Å²) in [6, 6.07) is 15.3. The van der Waals surface area contributed by atoms with Gasteiger partial charge in [-0.2, -0.15) is 0 Å². The van der Waals surface area contributed by atoms with Crippen LogP contribution in [0.3, 0.4) is 0 Å². The van der Waals surface area contributed by atoms with Gasteiger partial charge in [0.15, 0.2) is 0 Å². The van der Waals surface area contributed by atoms with Crippen molar-refractivity contribution in [3.63, 3.8) is 0 Å². The lowest BCUT2D eigenvalue weighted by Crippen LogP contribution is -2.42. The molecule has 1 aliphatic rings. The molecule has 0 bridgehead atoms. The van der Waals surface area contributed by atoms with Crippen LogP contribution in [0.4, 0.5) is 17.1 Å². The van der Waals surface area contributed by atoms with Gasteiger partial charge in [0.2, 0.25) is 11.8 Å². The van der Waals surface area contributed by atoms with Gasteiger partial charge < -0.3 is 15.5 Å². The predicted molar refractivity (Wildman–Crippen MR) is 106 cm³/mol. The third-order valence-electron chi connectivity index (χ3n) is 4.64. The Kier molecular flexibility index (Phi) is 5.26. The van der Waals surface area contributed by atoms with Crippen LogP contribution in [0, 0.1) is 0 Å². The first kappa shape index (κ1) is 18.0. The molecule has 0 unspecified atom stereocenters. The number of fused-ring (bicyclic) bond motifs is 1. The van der Waals surface area contributed by atoms with Crippen molar-refractivity contribution in [1.82, 2.24) is 0 Å². The smallest absolute Gasteiger partial charge is 0.246 e. The van der Waals surface area contributed by atoms with E-state index in [1.807, 2.05) is 49.4 Å². The number of hydrogen-bond acceptors (Lipinski definition) is 3. The highest BCUT2D eigenvalue weighted by molar-refractivity contribution is 6.05. The molecule has 2 aromatic rings. The molecular weight excluding hydrogens is 326 g/mol. The summed E-state index contributed by atoms with van der Waals surface area (Å²) >= 11 is 0. The third-order valence-corrected chi connectivity index (χ3v) is 4.64. The summed E-state index contributed by atoms with van der Waals surface area (Å²) < 4.78 is 0. The lowest BCUT2D eigenvalue weighted by molar-refractivity contribution is -0.118. The summed E-state index contributed by atoms with van der Waals surface area (Å²) in [5.41, 5.74) is 3.58. The summed E-state index contributed by atoms with van der Waals surface area (Å²) in [6.07, 6.45) is 0.281. The zero-order chi connectivity index (χ0) is 18.7. The summed E-state index contributed by atoms with van der Waals surface area (Å²) in [5.74, 6) is 0.242. The number of anilines is 3. The first-order chi connectivity index (χ1) is 12.5. The quantitative estimate of drug-likeness (QED) is 0.876. The Morgan fingerprint density at radius 1 is 1.19 bits per heavy atom. The van der Waals surface area contributed by atoms with Crippen molar-refractivity contribution in [2.75, 3.05) is 22.1 Å². The molecular formula is C21H25N3O2. The molecule has 0 fully saturated rings. The maximum Gasteiger partial charge on any atom is 0.246 e. The van der Waals surface area contributed by atoms with Crippen LogP contribution in [0.15, 0.2) is 48.5 Å². The molecule has 26 heavy (non-hydrogen) atoms. The number of carbonyl (C=O) groups is 2. The van der Waals surface area contributed by atoms with E-state index in [1.54, 1.807) is 4.90 Å². The molecule has 0 aliphatic carbocycles. The van der Waals surface area contributed by atoms with E-state index < -0.39 is 0 Å². The fourth-order valence-corrected chi connectivity index (χ4v) is 3.39. The van der Waals surface area contributed by atoms with E-state index in [-0.39, 0.29) is 30.8 Å². The summed E-state index contributed by atoms with van der Waals surface area (Å²) in [7, 11) is 0. The molecule has 136 valence electrons. The maximum atomic E-state index is 13.0. The highest BCUT2D eigenvalue weighted by atomic mass is 16.2. The van der Waals surface area contributed by atoms with Crippen molar-refractivity contribution in [2.24, 2.45) is 0 Å². The normalized spacial score (nSPS) is 16.7. The molecule has 1 heterocycles. The largest absolute Gasteiger partial charge is 0.376 e. The van der Waals surface area contributed by atoms with Crippen LogP contribution >= 0.6 is 0 Å². The van der Waals surface area contributed by atoms with Crippen LogP contribution in [0.2, 0.25) is 0 Å². The van der Waals surface area contributed by atoms with Crippen molar-refractivity contribution < 1.29 is 9.59 Å². The molecule has 2 amide bonds. The summed E-state index contributed by atoms with van der Waals surface area (Å²) in [5, 5.41) is 6.16. The number of rotatable bonds is 4. The van der Waals surface area contributed by atoms with Crippen LogP contribution in [-0.4, -0.2) is 24.4 Å². The lowest BCUT2D eigenvalue weighted by atomic mass is 10.0. The van der Waals surface area contributed by atoms with E-state index in [1.165, 1.54) is 5.56 Å². The van der Waals surface area contributed by atoms with Gasteiger partial charge in [0, 0.05) is 18.2 Å². The minimum atomic E-state index is -0.201. The first-order valence-corrected chi connectivity index (χ1v) is 9.01. The van der Waals surface area contributed by atoms with E-state index in [0.29, 0.717) is 11.6 Å². The van der Waals surface area contributed by atoms with Crippen LogP contribution in [0.25, 0.3) is 0 Å². The van der Waals surface area contributed by atoms with Gasteiger partial charge in [-0.1, -0.05) is 44.2 Å². The number of nitrogens with zero attached hydrogens (tertiary/aromatic N) is 1. The number of amides is 2. The zero-order valence-corrected chi connectivity index (χ0v) is 15.5. The minimum Gasteiger partial charge on any atom is -0.376 e. The van der Waals surface area contributed by atoms with E-state index >= 15 is 0 Å². The second-order valence-electron chi connectivity index (χ2n) is 6.98. The van der Waals surface area contributed by atoms with Crippen LogP contribution < -0.4 is 15.5 Å². The standard InChI is InChI=1S/C21H25N3O2/c1-14(2)16-8-4-5-9-17(16)22-13-21(26)24-15(3)12-20(25)23-18-10-6-7-11-19(18)24/h4-11,14-15,22H,12-13H2,1-3H3,(H,23,25)/t15-/m1/s1. The van der Waals surface area contributed by atoms with Crippen LogP contribution in [-0.2, 0) is 9.59 Å². The molecule has 0 aromatic heterocycles. The van der Waals surface area contributed by atoms with Gasteiger partial charge in [0.05, 0.1) is 17.9 Å². The monoisotopic (exact) mass is 351 g/mol. The first-order valence-electron chi connectivity index (χ1n) is 9.01. The molecule has 5 nitrogen and oxygen atoms in total. The molecule has 5 heteroatoms. The van der Waals surface area contributed by atoms with Gasteiger partial charge in [0.25, 0.3) is 0 Å². The number of hydrogen-bond donors (Lipinski definition) is 2. The Bertz CT molecular complexity index is 816. The highest BCUT2D eigenvalue weighted by Gasteiger charge is 2.29. The summed E-state index contributed by atoms with van der Waals surface area (Å²) in [6.45, 7) is 6.34. The molecule has 0 saturated carbocycles. The Balaban J connectivity index is 1.82. The molecule has 2 N–H and O–H groups in total. The number of benzene rings is 2. The zero-order valence-electron chi connectivity index (χ0n) is 15.5. The van der Waals surface area contributed by atoms with Crippen molar-refractivity contribution in [2.45, 2.75) is 39.2 Å². The van der Waals surface area contributed by atoms with E-state index in [4.69, 9.17) is 0 Å². The van der Waals surface area contributed by atoms with Crippen molar-refractivity contribution >= 4 is 28.9 Å². The molecule has 0 saturated heterocycles. The van der Waals surface area contributed by atoms with E-state index in [9.17, 15) is 9.59 Å². The van der Waals surface area contributed by atoms with Crippen molar-refractivity contribution in [1.29, 1.82) is 0 Å². The SMILES string of the molecule is CC(C)c1ccccc1NCC(=O)N1c2ccccc2NC(=O)C[C@H]1C. The number of carbonyl (C=O) groups excluding carboxylic acids is 2. The molecule has 1 aliphatic heterocycles. The number of nitrogens with one attached hydrogen (secondary N) is 2. The predicted octanol–water partition coefficient (Wildman–Crippen LogP) is 3.99. The molecule has 2 aromatic carbocycles. The van der Waals surface area contributed by atoms with Crippen LogP contribution in [0.1, 0.15) is 38.7 Å². The van der Waals surface area contributed by atoms with Crippen molar-refractivity contribution in [3.8, 4) is 0 Å². The Labute approximate surface area is 154 Å². The van der Waals surface area contributed by atoms with Gasteiger partial charge in [-0.25, -0.2) is 0 Å². The second kappa shape index (κ2) is 7.60. The fourth-order valence-electron chi connectivity index (χ4n) is 3.39. The van der Waals surface area contributed by atoms with Crippen LogP contribution in [0.5, 0.6) is 0 Å². The Hall–Kier alpha value is -2.82. The van der Waals surface area contributed by atoms with Gasteiger partial charge in [0.1, 0.15) is 0 Å². The molecule has 1 atom stereocenters. The Morgan fingerprint density at radius 3 is 2.65 bits per heavy atom. The average Bonchev–Trinajstić information content (AvgIpc) is 2.74. The second-order valence-corrected chi connectivity index (χ2v) is 6.98. The van der Waals surface area contributed by atoms with Crippen molar-refractivity contribution in [3.05, 3.63) is 54.1 Å².